The summed E-state index contributed by atoms with van der Waals surface area (Å²) in [6, 6.07) is 0.600. The summed E-state index contributed by atoms with van der Waals surface area (Å²) in [5, 5.41) is 6.84. The predicted molar refractivity (Wildman–Crippen MR) is 104 cm³/mol. The van der Waals surface area contributed by atoms with Crippen LogP contribution in [0.3, 0.4) is 0 Å². The van der Waals surface area contributed by atoms with E-state index in [4.69, 9.17) is 0 Å². The molecule has 5 heteroatoms. The van der Waals surface area contributed by atoms with Gasteiger partial charge in [-0.15, -0.1) is 24.0 Å². The van der Waals surface area contributed by atoms with Gasteiger partial charge in [0.15, 0.2) is 5.96 Å². The minimum atomic E-state index is 0. The highest BCUT2D eigenvalue weighted by Gasteiger charge is 2.25. The van der Waals surface area contributed by atoms with E-state index < -0.39 is 0 Å². The van der Waals surface area contributed by atoms with Crippen molar-refractivity contribution < 1.29 is 0 Å². The maximum absolute atomic E-state index is 4.29. The number of rotatable bonds is 6. The van der Waals surface area contributed by atoms with E-state index in [1.54, 1.807) is 0 Å². The highest BCUT2D eigenvalue weighted by molar-refractivity contribution is 14.0. The van der Waals surface area contributed by atoms with E-state index in [0.717, 1.165) is 31.4 Å². The van der Waals surface area contributed by atoms with Crippen molar-refractivity contribution in [2.75, 3.05) is 33.2 Å². The van der Waals surface area contributed by atoms with E-state index >= 15 is 0 Å². The van der Waals surface area contributed by atoms with Crippen LogP contribution in [0.25, 0.3) is 0 Å². The summed E-state index contributed by atoms with van der Waals surface area (Å²) in [7, 11) is 1.85. The lowest BCUT2D eigenvalue weighted by molar-refractivity contribution is 0.110. The smallest absolute Gasteiger partial charge is 0.191 e. The Kier molecular flexibility index (Phi) is 11.5. The maximum atomic E-state index is 4.29. The molecule has 0 bridgehead atoms. The fourth-order valence-electron chi connectivity index (χ4n) is 2.81. The molecule has 0 saturated carbocycles. The summed E-state index contributed by atoms with van der Waals surface area (Å²) in [4.78, 5) is 6.95. The average Bonchev–Trinajstić information content (AvgIpc) is 2.44. The maximum Gasteiger partial charge on any atom is 0.191 e. The Balaban J connectivity index is 0.00000400. The Morgan fingerprint density at radius 2 is 1.86 bits per heavy atom. The summed E-state index contributed by atoms with van der Waals surface area (Å²) in [5.41, 5.74) is 0. The summed E-state index contributed by atoms with van der Waals surface area (Å²) < 4.78 is 0. The number of likely N-dealkylation sites (tertiary alicyclic amines) is 1. The van der Waals surface area contributed by atoms with Gasteiger partial charge in [-0.1, -0.05) is 27.7 Å². The van der Waals surface area contributed by atoms with Gasteiger partial charge in [0.05, 0.1) is 0 Å². The molecule has 1 fully saturated rings. The Hall–Kier alpha value is -0.0400. The van der Waals surface area contributed by atoms with Gasteiger partial charge in [-0.3, -0.25) is 9.89 Å². The van der Waals surface area contributed by atoms with E-state index in [2.05, 4.69) is 48.2 Å². The Morgan fingerprint density at radius 3 is 2.33 bits per heavy atom. The number of piperidine rings is 1. The van der Waals surface area contributed by atoms with Crippen molar-refractivity contribution in [1.82, 2.24) is 15.5 Å². The SMILES string of the molecule is CCCNC(=NC)NCC(C(C)C)N1CCC(C)CC1.I. The van der Waals surface area contributed by atoms with Gasteiger partial charge < -0.3 is 10.6 Å². The molecule has 1 atom stereocenters. The molecule has 0 amide bonds. The van der Waals surface area contributed by atoms with Crippen molar-refractivity contribution in [3.63, 3.8) is 0 Å². The van der Waals surface area contributed by atoms with E-state index in [1.165, 1.54) is 25.9 Å². The monoisotopic (exact) mass is 410 g/mol. The van der Waals surface area contributed by atoms with Gasteiger partial charge in [0.2, 0.25) is 0 Å². The molecule has 4 nitrogen and oxygen atoms in total. The predicted octanol–water partition coefficient (Wildman–Crippen LogP) is 2.94. The first-order chi connectivity index (χ1) is 9.58. The quantitative estimate of drug-likeness (QED) is 0.402. The molecule has 0 aromatic rings. The molecule has 1 aliphatic rings. The van der Waals surface area contributed by atoms with E-state index in [9.17, 15) is 0 Å². The molecule has 21 heavy (non-hydrogen) atoms. The van der Waals surface area contributed by atoms with Crippen LogP contribution in [0.2, 0.25) is 0 Å². The molecule has 0 radical (unpaired) electrons. The van der Waals surface area contributed by atoms with Crippen LogP contribution >= 0.6 is 24.0 Å². The molecule has 1 saturated heterocycles. The molecule has 0 aliphatic carbocycles. The van der Waals surface area contributed by atoms with Crippen molar-refractivity contribution in [3.8, 4) is 0 Å². The Labute approximate surface area is 148 Å². The first-order valence-corrected chi connectivity index (χ1v) is 8.27. The van der Waals surface area contributed by atoms with E-state index in [-0.39, 0.29) is 24.0 Å². The standard InChI is InChI=1S/C16H34N4.HI/c1-6-9-18-16(17-5)19-12-15(13(2)3)20-10-7-14(4)8-11-20;/h13-15H,6-12H2,1-5H3,(H2,17,18,19);1H. The highest BCUT2D eigenvalue weighted by atomic mass is 127. The number of hydrogen-bond donors (Lipinski definition) is 2. The molecule has 1 aliphatic heterocycles. The lowest BCUT2D eigenvalue weighted by Crippen LogP contribution is -2.51. The first-order valence-electron chi connectivity index (χ1n) is 8.27. The summed E-state index contributed by atoms with van der Waals surface area (Å²) in [5.74, 6) is 2.49. The number of hydrogen-bond acceptors (Lipinski definition) is 2. The van der Waals surface area contributed by atoms with Crippen LogP contribution in [0.4, 0.5) is 0 Å². The second-order valence-corrected chi connectivity index (χ2v) is 6.41. The summed E-state index contributed by atoms with van der Waals surface area (Å²) >= 11 is 0. The molecule has 2 N–H and O–H groups in total. The van der Waals surface area contributed by atoms with Crippen LogP contribution in [0.5, 0.6) is 0 Å². The third kappa shape index (κ3) is 7.68. The number of aliphatic imine (C=N–C) groups is 1. The molecular formula is C16H35IN4. The van der Waals surface area contributed by atoms with Crippen molar-refractivity contribution in [1.29, 1.82) is 0 Å². The van der Waals surface area contributed by atoms with Gasteiger partial charge in [0.1, 0.15) is 0 Å². The minimum absolute atomic E-state index is 0. The molecule has 0 aromatic carbocycles. The van der Waals surface area contributed by atoms with Gasteiger partial charge in [-0.25, -0.2) is 0 Å². The second-order valence-electron chi connectivity index (χ2n) is 6.41. The summed E-state index contributed by atoms with van der Waals surface area (Å²) in [6.45, 7) is 13.6. The molecule has 0 aromatic heterocycles. The number of nitrogens with one attached hydrogen (secondary N) is 2. The van der Waals surface area contributed by atoms with Crippen LogP contribution in [-0.2, 0) is 0 Å². The van der Waals surface area contributed by atoms with E-state index in [1.807, 2.05) is 7.05 Å². The van der Waals surface area contributed by atoms with Gasteiger partial charge >= 0.3 is 0 Å². The average molecular weight is 410 g/mol. The van der Waals surface area contributed by atoms with Crippen molar-refractivity contribution in [2.24, 2.45) is 16.8 Å². The first kappa shape index (κ1) is 21.0. The fraction of sp³-hybridized carbons (Fsp3) is 0.938. The molecule has 1 unspecified atom stereocenters. The third-order valence-electron chi connectivity index (χ3n) is 4.30. The molecular weight excluding hydrogens is 375 g/mol. The normalized spacial score (nSPS) is 19.2. The molecule has 126 valence electrons. The van der Waals surface area contributed by atoms with Crippen molar-refractivity contribution >= 4 is 29.9 Å². The summed E-state index contributed by atoms with van der Waals surface area (Å²) in [6.07, 6.45) is 3.80. The Bertz CT molecular complexity index is 286. The van der Waals surface area contributed by atoms with Crippen LogP contribution in [0, 0.1) is 11.8 Å². The fourth-order valence-corrected chi connectivity index (χ4v) is 2.81. The molecule has 1 rings (SSSR count). The van der Waals surface area contributed by atoms with Crippen LogP contribution in [0.1, 0.15) is 47.0 Å². The lowest BCUT2D eigenvalue weighted by Gasteiger charge is -2.39. The van der Waals surface area contributed by atoms with Gasteiger partial charge in [0.25, 0.3) is 0 Å². The lowest BCUT2D eigenvalue weighted by atomic mass is 9.94. The van der Waals surface area contributed by atoms with Crippen molar-refractivity contribution in [3.05, 3.63) is 0 Å². The van der Waals surface area contributed by atoms with Gasteiger partial charge in [-0.2, -0.15) is 0 Å². The van der Waals surface area contributed by atoms with Gasteiger partial charge in [0, 0.05) is 26.2 Å². The van der Waals surface area contributed by atoms with Crippen LogP contribution in [-0.4, -0.2) is 50.1 Å². The molecule has 1 heterocycles. The Morgan fingerprint density at radius 1 is 1.24 bits per heavy atom. The zero-order valence-electron chi connectivity index (χ0n) is 14.5. The molecule has 0 spiro atoms. The third-order valence-corrected chi connectivity index (χ3v) is 4.30. The van der Waals surface area contributed by atoms with Crippen LogP contribution < -0.4 is 10.6 Å². The number of nitrogens with zero attached hydrogens (tertiary/aromatic N) is 2. The van der Waals surface area contributed by atoms with Gasteiger partial charge in [-0.05, 0) is 44.2 Å². The minimum Gasteiger partial charge on any atom is -0.356 e. The van der Waals surface area contributed by atoms with Crippen molar-refractivity contribution in [2.45, 2.75) is 53.0 Å². The largest absolute Gasteiger partial charge is 0.356 e. The number of halogens is 1. The zero-order chi connectivity index (χ0) is 15.0. The van der Waals surface area contributed by atoms with Crippen LogP contribution in [0.15, 0.2) is 4.99 Å². The zero-order valence-corrected chi connectivity index (χ0v) is 16.8. The van der Waals surface area contributed by atoms with E-state index in [0.29, 0.717) is 12.0 Å². The second kappa shape index (κ2) is 11.5. The number of guanidine groups is 1. The highest BCUT2D eigenvalue weighted by Crippen LogP contribution is 2.20. The topological polar surface area (TPSA) is 39.7 Å².